The molecule has 2 heterocycles. The molecular weight excluding hydrogens is 436 g/mol. The molecule has 1 amide bonds. The van der Waals surface area contributed by atoms with Crippen LogP contribution in [0.3, 0.4) is 0 Å². The minimum Gasteiger partial charge on any atom is -0.507 e. The number of nitrogens with zero attached hydrogens (tertiary/aromatic N) is 2. The van der Waals surface area contributed by atoms with Crippen molar-refractivity contribution in [1.29, 1.82) is 0 Å². The molecule has 1 aliphatic heterocycles. The lowest BCUT2D eigenvalue weighted by atomic mass is 9.91. The van der Waals surface area contributed by atoms with Crippen molar-refractivity contribution in [1.82, 2.24) is 4.90 Å². The predicted molar refractivity (Wildman–Crippen MR) is 124 cm³/mol. The van der Waals surface area contributed by atoms with Gasteiger partial charge in [0, 0.05) is 17.7 Å². The van der Waals surface area contributed by atoms with Gasteiger partial charge in [0.2, 0.25) is 0 Å². The molecule has 1 aliphatic rings. The summed E-state index contributed by atoms with van der Waals surface area (Å²) < 4.78 is 5.42. The van der Waals surface area contributed by atoms with Gasteiger partial charge in [-0.2, -0.15) is 0 Å². The summed E-state index contributed by atoms with van der Waals surface area (Å²) in [6.45, 7) is 0.0303. The summed E-state index contributed by atoms with van der Waals surface area (Å²) >= 11 is 0. The van der Waals surface area contributed by atoms with E-state index in [9.17, 15) is 24.8 Å². The number of nitro benzene ring substituents is 1. The Kier molecular flexibility index (Phi) is 5.18. The van der Waals surface area contributed by atoms with E-state index in [-0.39, 0.29) is 23.4 Å². The summed E-state index contributed by atoms with van der Waals surface area (Å²) in [4.78, 5) is 38.2. The molecule has 1 N–H and O–H groups in total. The number of nitro groups is 1. The number of rotatable bonds is 5. The smallest absolute Gasteiger partial charge is 0.296 e. The second-order valence-electron chi connectivity index (χ2n) is 7.88. The summed E-state index contributed by atoms with van der Waals surface area (Å²) in [5.41, 5.74) is 0.640. The Bertz CT molecular complexity index is 1450. The van der Waals surface area contributed by atoms with E-state index in [1.165, 1.54) is 35.4 Å². The van der Waals surface area contributed by atoms with Crippen molar-refractivity contribution in [2.75, 3.05) is 0 Å². The quantitative estimate of drug-likeness (QED) is 0.150. The molecule has 3 aromatic carbocycles. The van der Waals surface area contributed by atoms with Gasteiger partial charge in [-0.05, 0) is 40.6 Å². The van der Waals surface area contributed by atoms with Crippen LogP contribution in [0, 0.1) is 10.1 Å². The Balaban J connectivity index is 1.71. The van der Waals surface area contributed by atoms with Crippen LogP contribution in [0.1, 0.15) is 22.9 Å². The number of Topliss-reactive ketones (excluding diaryl/α,β-unsaturated/α-hetero) is 1. The summed E-state index contributed by atoms with van der Waals surface area (Å²) in [5, 5.41) is 23.9. The second kappa shape index (κ2) is 8.32. The van der Waals surface area contributed by atoms with Crippen molar-refractivity contribution < 1.29 is 24.0 Å². The first-order valence-corrected chi connectivity index (χ1v) is 10.5. The van der Waals surface area contributed by atoms with Crippen LogP contribution in [0.25, 0.3) is 16.5 Å². The lowest BCUT2D eigenvalue weighted by molar-refractivity contribution is -0.384. The van der Waals surface area contributed by atoms with Gasteiger partial charge in [-0.15, -0.1) is 0 Å². The molecule has 0 spiro atoms. The number of non-ortho nitro benzene ring substituents is 1. The lowest BCUT2D eigenvalue weighted by Gasteiger charge is -2.25. The predicted octanol–water partition coefficient (Wildman–Crippen LogP) is 4.96. The number of fused-ring (bicyclic) bond motifs is 1. The average molecular weight is 454 g/mol. The van der Waals surface area contributed by atoms with Crippen LogP contribution in [-0.2, 0) is 16.1 Å². The number of likely N-dealkylation sites (tertiary alicyclic amines) is 1. The van der Waals surface area contributed by atoms with Gasteiger partial charge in [-0.3, -0.25) is 19.7 Å². The van der Waals surface area contributed by atoms with E-state index in [1.807, 2.05) is 42.5 Å². The van der Waals surface area contributed by atoms with Crippen LogP contribution in [0.15, 0.2) is 95.1 Å². The third-order valence-electron chi connectivity index (χ3n) is 5.92. The molecule has 0 aliphatic carbocycles. The average Bonchev–Trinajstić information content (AvgIpc) is 3.46. The molecule has 8 heteroatoms. The van der Waals surface area contributed by atoms with E-state index in [1.54, 1.807) is 12.1 Å². The van der Waals surface area contributed by atoms with Gasteiger partial charge in [-0.25, -0.2) is 0 Å². The number of hydrogen-bond donors (Lipinski definition) is 1. The first kappa shape index (κ1) is 21.1. The van der Waals surface area contributed by atoms with Crippen molar-refractivity contribution in [2.45, 2.75) is 12.6 Å². The van der Waals surface area contributed by atoms with Crippen molar-refractivity contribution in [3.05, 3.63) is 118 Å². The number of aliphatic hydroxyl groups is 1. The highest BCUT2D eigenvalue weighted by Gasteiger charge is 2.46. The standard InChI is InChI=1S/C26H18N2O6/c29-24(17-10-12-18(13-11-17)28(32)33)22-23(21-9-3-6-16-5-1-2-8-20(16)21)27(26(31)25(22)30)15-19-7-4-14-34-19/h1-14,23,29H,15H2/b24-22-. The van der Waals surface area contributed by atoms with E-state index < -0.39 is 28.4 Å². The van der Waals surface area contributed by atoms with Gasteiger partial charge >= 0.3 is 0 Å². The Morgan fingerprint density at radius 3 is 2.41 bits per heavy atom. The van der Waals surface area contributed by atoms with Crippen LogP contribution in [0.5, 0.6) is 0 Å². The normalized spacial score (nSPS) is 17.4. The Hall–Kier alpha value is -4.72. The van der Waals surface area contributed by atoms with Gasteiger partial charge in [-0.1, -0.05) is 42.5 Å². The summed E-state index contributed by atoms with van der Waals surface area (Å²) in [6, 6.07) is 20.8. The molecule has 8 nitrogen and oxygen atoms in total. The Labute approximate surface area is 193 Å². The molecule has 0 saturated carbocycles. The molecule has 1 saturated heterocycles. The number of hydrogen-bond acceptors (Lipinski definition) is 6. The maximum atomic E-state index is 13.2. The monoisotopic (exact) mass is 454 g/mol. The molecule has 0 radical (unpaired) electrons. The van der Waals surface area contributed by atoms with Crippen LogP contribution >= 0.6 is 0 Å². The third kappa shape index (κ3) is 3.51. The maximum absolute atomic E-state index is 13.2. The fraction of sp³-hybridized carbons (Fsp3) is 0.0769. The zero-order valence-electron chi connectivity index (χ0n) is 17.8. The van der Waals surface area contributed by atoms with Crippen molar-refractivity contribution in [2.24, 2.45) is 0 Å². The topological polar surface area (TPSA) is 114 Å². The fourth-order valence-corrected chi connectivity index (χ4v) is 4.32. The van der Waals surface area contributed by atoms with Crippen molar-refractivity contribution >= 4 is 33.9 Å². The highest BCUT2D eigenvalue weighted by Crippen LogP contribution is 2.42. The number of carbonyl (C=O) groups is 2. The first-order valence-electron chi connectivity index (χ1n) is 10.5. The van der Waals surface area contributed by atoms with E-state index >= 15 is 0 Å². The molecule has 168 valence electrons. The first-order chi connectivity index (χ1) is 16.5. The summed E-state index contributed by atoms with van der Waals surface area (Å²) in [5.74, 6) is -1.51. The second-order valence-corrected chi connectivity index (χ2v) is 7.88. The minimum atomic E-state index is -0.883. The van der Waals surface area contributed by atoms with Crippen LogP contribution in [-0.4, -0.2) is 26.6 Å². The number of carbonyl (C=O) groups excluding carboxylic acids is 2. The Morgan fingerprint density at radius 2 is 1.71 bits per heavy atom. The molecule has 0 bridgehead atoms. The van der Waals surface area contributed by atoms with Gasteiger partial charge in [0.05, 0.1) is 29.3 Å². The molecule has 4 aromatic rings. The van der Waals surface area contributed by atoms with E-state index in [2.05, 4.69) is 0 Å². The van der Waals surface area contributed by atoms with Crippen LogP contribution in [0.4, 0.5) is 5.69 Å². The molecule has 1 aromatic heterocycles. The summed E-state index contributed by atoms with van der Waals surface area (Å²) in [7, 11) is 0. The van der Waals surface area contributed by atoms with Crippen molar-refractivity contribution in [3.63, 3.8) is 0 Å². The summed E-state index contributed by atoms with van der Waals surface area (Å²) in [6.07, 6.45) is 1.48. The van der Waals surface area contributed by atoms with E-state index in [0.29, 0.717) is 11.3 Å². The van der Waals surface area contributed by atoms with Crippen molar-refractivity contribution in [3.8, 4) is 0 Å². The minimum absolute atomic E-state index is 0.0303. The third-order valence-corrected chi connectivity index (χ3v) is 5.92. The molecule has 34 heavy (non-hydrogen) atoms. The van der Waals surface area contributed by atoms with Crippen LogP contribution < -0.4 is 0 Å². The number of benzene rings is 3. The number of amides is 1. The zero-order valence-corrected chi connectivity index (χ0v) is 17.8. The van der Waals surface area contributed by atoms with Crippen LogP contribution in [0.2, 0.25) is 0 Å². The molecular formula is C26H18N2O6. The van der Waals surface area contributed by atoms with Gasteiger partial charge < -0.3 is 14.4 Å². The number of aliphatic hydroxyl groups excluding tert-OH is 1. The highest BCUT2D eigenvalue weighted by molar-refractivity contribution is 6.46. The molecule has 1 fully saturated rings. The Morgan fingerprint density at radius 1 is 0.971 bits per heavy atom. The fourth-order valence-electron chi connectivity index (χ4n) is 4.32. The zero-order chi connectivity index (χ0) is 23.8. The van der Waals surface area contributed by atoms with Gasteiger partial charge in [0.25, 0.3) is 17.4 Å². The number of furan rings is 1. The van der Waals surface area contributed by atoms with Gasteiger partial charge in [0.1, 0.15) is 11.5 Å². The molecule has 5 rings (SSSR count). The molecule has 1 atom stereocenters. The van der Waals surface area contributed by atoms with Gasteiger partial charge in [0.15, 0.2) is 0 Å². The van der Waals surface area contributed by atoms with E-state index in [0.717, 1.165) is 10.8 Å². The van der Waals surface area contributed by atoms with E-state index in [4.69, 9.17) is 4.42 Å². The molecule has 1 unspecified atom stereocenters. The highest BCUT2D eigenvalue weighted by atomic mass is 16.6. The SMILES string of the molecule is O=C1C(=O)N(Cc2ccco2)C(c2cccc3ccccc23)/C1=C(/O)c1ccc([N+](=O)[O-])cc1. The lowest BCUT2D eigenvalue weighted by Crippen LogP contribution is -2.29. The largest absolute Gasteiger partial charge is 0.507 e. The number of ketones is 1. The maximum Gasteiger partial charge on any atom is 0.296 e.